The highest BCUT2D eigenvalue weighted by Crippen LogP contribution is 2.55. The van der Waals surface area contributed by atoms with Crippen molar-refractivity contribution >= 4 is 95.6 Å². The highest BCUT2D eigenvalue weighted by Gasteiger charge is 2.42. The van der Waals surface area contributed by atoms with E-state index in [2.05, 4.69) is 103 Å². The Morgan fingerprint density at radius 1 is 0.909 bits per heavy atom. The number of halogens is 6. The van der Waals surface area contributed by atoms with Gasteiger partial charge in [-0.1, -0.05) is 103 Å². The van der Waals surface area contributed by atoms with Gasteiger partial charge in [-0.05, 0) is 6.42 Å². The van der Waals surface area contributed by atoms with Crippen LogP contribution in [0.5, 0.6) is 0 Å². The van der Waals surface area contributed by atoms with E-state index in [1.807, 2.05) is 0 Å². The Balaban J connectivity index is 4.43. The zero-order valence-corrected chi connectivity index (χ0v) is 15.1. The van der Waals surface area contributed by atoms with Gasteiger partial charge in [-0.15, -0.1) is 0 Å². The van der Waals surface area contributed by atoms with Gasteiger partial charge >= 0.3 is 0 Å². The van der Waals surface area contributed by atoms with Gasteiger partial charge in [-0.3, -0.25) is 0 Å². The fourth-order valence-electron chi connectivity index (χ4n) is 0.648. The third-order valence-corrected chi connectivity index (χ3v) is 4.51. The molecule has 6 heteroatoms. The molecule has 0 amide bonds. The molecule has 0 radical (unpaired) electrons. The summed E-state index contributed by atoms with van der Waals surface area (Å²) in [4.78, 5) is 0. The van der Waals surface area contributed by atoms with Crippen molar-refractivity contribution in [2.75, 3.05) is 0 Å². The molecule has 0 aliphatic carbocycles. The third kappa shape index (κ3) is 5.35. The maximum absolute atomic E-state index is 3.48. The summed E-state index contributed by atoms with van der Waals surface area (Å²) >= 11 is 20.9. The highest BCUT2D eigenvalue weighted by molar-refractivity contribution is 9.40. The SMILES string of the molecule is CCC(C(Br)(Br)Br)C(Br)(Br)Br. The van der Waals surface area contributed by atoms with E-state index in [0.29, 0.717) is 5.92 Å². The van der Waals surface area contributed by atoms with Crippen molar-refractivity contribution < 1.29 is 0 Å². The van der Waals surface area contributed by atoms with Crippen LogP contribution in [0.4, 0.5) is 0 Å². The summed E-state index contributed by atoms with van der Waals surface area (Å²) in [6, 6.07) is 0. The van der Waals surface area contributed by atoms with Gasteiger partial charge < -0.3 is 0 Å². The molecule has 0 aliphatic rings. The van der Waals surface area contributed by atoms with Gasteiger partial charge in [0.1, 0.15) is 4.29 Å². The molecule has 0 spiro atoms. The molecule has 11 heavy (non-hydrogen) atoms. The summed E-state index contributed by atoms with van der Waals surface area (Å²) in [5.41, 5.74) is 0. The van der Waals surface area contributed by atoms with E-state index in [1.54, 1.807) is 0 Å². The lowest BCUT2D eigenvalue weighted by Gasteiger charge is -2.31. The minimum absolute atomic E-state index is 0.252. The Morgan fingerprint density at radius 2 is 1.18 bits per heavy atom. The zero-order chi connectivity index (χ0) is 9.28. The van der Waals surface area contributed by atoms with E-state index in [0.717, 1.165) is 6.42 Å². The van der Waals surface area contributed by atoms with E-state index in [1.165, 1.54) is 0 Å². The highest BCUT2D eigenvalue weighted by atomic mass is 80.0. The van der Waals surface area contributed by atoms with Crippen molar-refractivity contribution in [2.24, 2.45) is 5.92 Å². The molecule has 0 saturated heterocycles. The van der Waals surface area contributed by atoms with Crippen molar-refractivity contribution in [2.45, 2.75) is 17.6 Å². The fourth-order valence-corrected chi connectivity index (χ4v) is 7.42. The maximum Gasteiger partial charge on any atom is 0.140 e. The molecule has 0 unspecified atom stereocenters. The van der Waals surface area contributed by atoms with Crippen LogP contribution in [0.15, 0.2) is 0 Å². The summed E-state index contributed by atoms with van der Waals surface area (Å²) in [6.45, 7) is 2.11. The first-order valence-corrected chi connectivity index (χ1v) is 7.58. The van der Waals surface area contributed by atoms with E-state index in [-0.39, 0.29) is 4.29 Å². The lowest BCUT2D eigenvalue weighted by molar-refractivity contribution is 0.591. The van der Waals surface area contributed by atoms with Gasteiger partial charge in [0.25, 0.3) is 0 Å². The molecule has 0 aromatic heterocycles. The second-order valence-corrected chi connectivity index (χ2v) is 15.9. The van der Waals surface area contributed by atoms with Gasteiger partial charge in [0.05, 0.1) is 0 Å². The summed E-state index contributed by atoms with van der Waals surface area (Å²) in [5.74, 6) is 0.315. The molecule has 0 nitrogen and oxygen atoms in total. The molecule has 0 heterocycles. The summed E-state index contributed by atoms with van der Waals surface area (Å²) < 4.78 is -0.503. The zero-order valence-electron chi connectivity index (χ0n) is 5.55. The van der Waals surface area contributed by atoms with Crippen molar-refractivity contribution in [1.29, 1.82) is 0 Å². The largest absolute Gasteiger partial charge is 0.140 e. The van der Waals surface area contributed by atoms with Crippen molar-refractivity contribution in [3.05, 3.63) is 0 Å². The first-order chi connectivity index (χ1) is 4.69. The van der Waals surface area contributed by atoms with Crippen LogP contribution in [0.1, 0.15) is 13.3 Å². The smallest absolute Gasteiger partial charge is 0.0649 e. The molecule has 0 saturated carbocycles. The Morgan fingerprint density at radius 3 is 1.18 bits per heavy atom. The summed E-state index contributed by atoms with van der Waals surface area (Å²) in [6.07, 6.45) is 1.00. The van der Waals surface area contributed by atoms with Gasteiger partial charge in [0.2, 0.25) is 0 Å². The van der Waals surface area contributed by atoms with Crippen LogP contribution in [0, 0.1) is 5.92 Å². The molecule has 0 fully saturated rings. The lowest BCUT2D eigenvalue weighted by atomic mass is 10.2. The fraction of sp³-hybridized carbons (Fsp3) is 1.00. The van der Waals surface area contributed by atoms with Crippen LogP contribution >= 0.6 is 95.6 Å². The monoisotopic (exact) mass is 540 g/mol. The molecule has 0 rings (SSSR count). The first-order valence-electron chi connectivity index (χ1n) is 2.83. The quantitative estimate of drug-likeness (QED) is 0.372. The second-order valence-electron chi connectivity index (χ2n) is 2.04. The minimum Gasteiger partial charge on any atom is -0.0649 e. The molecule has 0 aromatic rings. The Hall–Kier alpha value is 2.88. The minimum atomic E-state index is -0.252. The number of alkyl halides is 6. The molecule has 0 bridgehead atoms. The average molecular weight is 546 g/mol. The van der Waals surface area contributed by atoms with Crippen LogP contribution in [0.25, 0.3) is 0 Å². The molecule has 0 aliphatic heterocycles. The second kappa shape index (κ2) is 5.10. The summed E-state index contributed by atoms with van der Waals surface area (Å²) in [7, 11) is 0. The number of hydrogen-bond acceptors (Lipinski definition) is 0. The molecular formula is C5H6Br6. The molecule has 0 N–H and O–H groups in total. The van der Waals surface area contributed by atoms with Crippen molar-refractivity contribution in [1.82, 2.24) is 0 Å². The van der Waals surface area contributed by atoms with Gasteiger partial charge in [-0.2, -0.15) is 0 Å². The number of rotatable bonds is 1. The summed E-state index contributed by atoms with van der Waals surface area (Å²) in [5, 5.41) is 0. The third-order valence-electron chi connectivity index (χ3n) is 1.20. The van der Waals surface area contributed by atoms with E-state index >= 15 is 0 Å². The van der Waals surface area contributed by atoms with Crippen LogP contribution in [-0.4, -0.2) is 4.29 Å². The predicted molar refractivity (Wildman–Crippen MR) is 72.8 cm³/mol. The first kappa shape index (κ1) is 13.9. The maximum atomic E-state index is 3.48. The molecule has 0 atom stereocenters. The van der Waals surface area contributed by atoms with Crippen LogP contribution in [-0.2, 0) is 0 Å². The van der Waals surface area contributed by atoms with E-state index in [9.17, 15) is 0 Å². The Kier molecular flexibility index (Phi) is 6.43. The van der Waals surface area contributed by atoms with Crippen LogP contribution in [0.3, 0.4) is 0 Å². The Bertz CT molecular complexity index is 106. The predicted octanol–water partition coefficient (Wildman–Crippen LogP) is 5.69. The van der Waals surface area contributed by atoms with Crippen LogP contribution in [0.2, 0.25) is 0 Å². The van der Waals surface area contributed by atoms with Crippen molar-refractivity contribution in [3.8, 4) is 0 Å². The van der Waals surface area contributed by atoms with Gasteiger partial charge in [0.15, 0.2) is 0 Å². The topological polar surface area (TPSA) is 0 Å². The normalized spacial score (nSPS) is 14.2. The molecule has 0 aromatic carbocycles. The van der Waals surface area contributed by atoms with Crippen LogP contribution < -0.4 is 0 Å². The standard InChI is InChI=1S/C5H6Br6/c1-2-3(4(6,7)8)5(9,10)11/h3H,2H2,1H3. The lowest BCUT2D eigenvalue weighted by Crippen LogP contribution is -2.28. The number of hydrogen-bond donors (Lipinski definition) is 0. The van der Waals surface area contributed by atoms with Crippen molar-refractivity contribution in [3.63, 3.8) is 0 Å². The van der Waals surface area contributed by atoms with Gasteiger partial charge in [-0.25, -0.2) is 0 Å². The average Bonchev–Trinajstić information content (AvgIpc) is 1.56. The van der Waals surface area contributed by atoms with E-state index < -0.39 is 0 Å². The molecule has 68 valence electrons. The Labute approximate surface area is 117 Å². The molecular weight excluding hydrogens is 539 g/mol. The van der Waals surface area contributed by atoms with Gasteiger partial charge in [0, 0.05) is 5.92 Å². The van der Waals surface area contributed by atoms with E-state index in [4.69, 9.17) is 0 Å².